The van der Waals surface area contributed by atoms with Crippen molar-refractivity contribution in [3.8, 4) is 0 Å². The van der Waals surface area contributed by atoms with Gasteiger partial charge in [-0.15, -0.1) is 0 Å². The number of amides is 1. The van der Waals surface area contributed by atoms with Crippen LogP contribution in [0.1, 0.15) is 16.1 Å². The predicted molar refractivity (Wildman–Crippen MR) is 84.8 cm³/mol. The number of benzene rings is 1. The number of carbonyl (C=O) groups excluding carboxylic acids is 1. The van der Waals surface area contributed by atoms with E-state index in [0.717, 1.165) is 11.2 Å². The third-order valence-electron chi connectivity index (χ3n) is 3.68. The van der Waals surface area contributed by atoms with Gasteiger partial charge in [-0.1, -0.05) is 30.3 Å². The number of carbonyl (C=O) groups is 2. The van der Waals surface area contributed by atoms with Crippen LogP contribution in [0, 0.1) is 5.41 Å². The van der Waals surface area contributed by atoms with Crippen molar-refractivity contribution in [2.24, 2.45) is 5.73 Å². The number of nitrogens with one attached hydrogen (secondary N) is 1. The van der Waals surface area contributed by atoms with E-state index in [-0.39, 0.29) is 17.1 Å². The highest BCUT2D eigenvalue weighted by molar-refractivity contribution is 6.34. The summed E-state index contributed by atoms with van der Waals surface area (Å²) >= 11 is 0. The largest absolute Gasteiger partial charge is 0.509 e. The molecule has 8 nitrogen and oxygen atoms in total. The molecule has 1 aliphatic rings. The molecule has 5 N–H and O–H groups in total. The Morgan fingerprint density at radius 2 is 1.88 bits per heavy atom. The van der Waals surface area contributed by atoms with E-state index in [9.17, 15) is 19.8 Å². The fourth-order valence-corrected chi connectivity index (χ4v) is 2.69. The van der Waals surface area contributed by atoms with Crippen LogP contribution < -0.4 is 10.6 Å². The van der Waals surface area contributed by atoms with Gasteiger partial charge in [-0.05, 0) is 5.56 Å². The standard InChI is InChI=1S/C16H13N3O5/c17-14-10(8-4-2-1-3-5-8)12(20)11(15(18)21)19(14)9-6-7-24-13(9)16(22)23/h1-7,11,17,20H,(H2,18,21)(H,22,23)/t11-/m1/s1. The molecule has 0 saturated heterocycles. The maximum Gasteiger partial charge on any atom is 0.374 e. The normalized spacial score (nSPS) is 17.4. The number of nitrogens with two attached hydrogens (primary N) is 1. The minimum atomic E-state index is -1.39. The third kappa shape index (κ3) is 2.21. The fourth-order valence-electron chi connectivity index (χ4n) is 2.69. The molecule has 0 saturated carbocycles. The van der Waals surface area contributed by atoms with Gasteiger partial charge in [0, 0.05) is 6.07 Å². The summed E-state index contributed by atoms with van der Waals surface area (Å²) in [6.07, 6.45) is 1.13. The molecule has 3 rings (SSSR count). The van der Waals surface area contributed by atoms with Gasteiger partial charge in [0.2, 0.25) is 11.7 Å². The van der Waals surface area contributed by atoms with Crippen LogP contribution in [0.5, 0.6) is 0 Å². The van der Waals surface area contributed by atoms with Gasteiger partial charge in [-0.2, -0.15) is 0 Å². The summed E-state index contributed by atoms with van der Waals surface area (Å²) in [7, 11) is 0. The second-order valence-corrected chi connectivity index (χ2v) is 5.09. The summed E-state index contributed by atoms with van der Waals surface area (Å²) in [6.45, 7) is 0. The number of aromatic carboxylic acids is 1. The quantitative estimate of drug-likeness (QED) is 0.672. The molecule has 24 heavy (non-hydrogen) atoms. The van der Waals surface area contributed by atoms with E-state index >= 15 is 0 Å². The van der Waals surface area contributed by atoms with Crippen LogP contribution in [-0.4, -0.2) is 34.0 Å². The second kappa shape index (κ2) is 5.58. The van der Waals surface area contributed by atoms with E-state index in [1.54, 1.807) is 30.3 Å². The Morgan fingerprint density at radius 1 is 1.21 bits per heavy atom. The summed E-state index contributed by atoms with van der Waals surface area (Å²) in [6, 6.07) is 8.43. The summed E-state index contributed by atoms with van der Waals surface area (Å²) in [4.78, 5) is 24.2. The van der Waals surface area contributed by atoms with Crippen LogP contribution in [0.2, 0.25) is 0 Å². The molecule has 0 bridgehead atoms. The molecule has 2 aromatic rings. The lowest BCUT2D eigenvalue weighted by Gasteiger charge is -2.23. The van der Waals surface area contributed by atoms with Gasteiger partial charge in [0.15, 0.2) is 6.04 Å². The molecule has 1 aromatic carbocycles. The number of primary amides is 1. The molecule has 0 aliphatic carbocycles. The van der Waals surface area contributed by atoms with Crippen LogP contribution in [0.15, 0.2) is 52.8 Å². The van der Waals surface area contributed by atoms with Crippen LogP contribution in [-0.2, 0) is 4.79 Å². The lowest BCUT2D eigenvalue weighted by Crippen LogP contribution is -2.45. The van der Waals surface area contributed by atoms with Gasteiger partial charge in [0.05, 0.1) is 17.5 Å². The Hall–Kier alpha value is -3.55. The highest BCUT2D eigenvalue weighted by atomic mass is 16.4. The van der Waals surface area contributed by atoms with Crippen molar-refractivity contribution in [2.75, 3.05) is 4.90 Å². The van der Waals surface area contributed by atoms with Gasteiger partial charge in [0.1, 0.15) is 11.6 Å². The molecule has 1 aromatic heterocycles. The molecular formula is C16H13N3O5. The highest BCUT2D eigenvalue weighted by Crippen LogP contribution is 2.37. The van der Waals surface area contributed by atoms with Gasteiger partial charge in [0.25, 0.3) is 0 Å². The van der Waals surface area contributed by atoms with Gasteiger partial charge in [-0.3, -0.25) is 10.2 Å². The number of hydrogen-bond acceptors (Lipinski definition) is 5. The zero-order valence-electron chi connectivity index (χ0n) is 12.3. The molecule has 0 radical (unpaired) electrons. The van der Waals surface area contributed by atoms with Crippen LogP contribution in [0.4, 0.5) is 5.69 Å². The van der Waals surface area contributed by atoms with Crippen molar-refractivity contribution in [1.29, 1.82) is 5.41 Å². The first-order valence-corrected chi connectivity index (χ1v) is 6.90. The zero-order chi connectivity index (χ0) is 17.4. The van der Waals surface area contributed by atoms with E-state index < -0.39 is 29.4 Å². The zero-order valence-corrected chi connectivity index (χ0v) is 12.3. The molecule has 122 valence electrons. The number of carboxylic acid groups (broad SMARTS) is 1. The number of amidine groups is 1. The number of nitrogens with zero attached hydrogens (tertiary/aromatic N) is 1. The first-order chi connectivity index (χ1) is 11.4. The van der Waals surface area contributed by atoms with Crippen LogP contribution in [0.25, 0.3) is 5.57 Å². The first-order valence-electron chi connectivity index (χ1n) is 6.90. The summed E-state index contributed by atoms with van der Waals surface area (Å²) in [5.41, 5.74) is 5.95. The van der Waals surface area contributed by atoms with Gasteiger partial charge < -0.3 is 25.3 Å². The van der Waals surface area contributed by atoms with E-state index in [1.807, 2.05) is 0 Å². The van der Waals surface area contributed by atoms with Crippen molar-refractivity contribution in [2.45, 2.75) is 6.04 Å². The van der Waals surface area contributed by atoms with Gasteiger partial charge in [-0.25, -0.2) is 4.79 Å². The summed E-state index contributed by atoms with van der Waals surface area (Å²) in [5, 5.41) is 28.0. The summed E-state index contributed by atoms with van der Waals surface area (Å²) < 4.78 is 4.90. The van der Waals surface area contributed by atoms with Crippen molar-refractivity contribution in [1.82, 2.24) is 0 Å². The molecule has 1 amide bonds. The molecule has 0 spiro atoms. The molecular weight excluding hydrogens is 314 g/mol. The SMILES string of the molecule is N=C1C(c2ccccc2)=C(O)[C@H](C(N)=O)N1c1ccoc1C(=O)O. The fraction of sp³-hybridized carbons (Fsp3) is 0.0625. The maximum absolute atomic E-state index is 11.8. The Kier molecular flexibility index (Phi) is 3.57. The topological polar surface area (TPSA) is 141 Å². The Bertz CT molecular complexity index is 869. The number of aliphatic hydroxyl groups excluding tert-OH is 1. The average Bonchev–Trinajstić information content (AvgIpc) is 3.10. The lowest BCUT2D eigenvalue weighted by atomic mass is 10.0. The minimum Gasteiger partial charge on any atom is -0.509 e. The number of anilines is 1. The second-order valence-electron chi connectivity index (χ2n) is 5.09. The Morgan fingerprint density at radius 3 is 2.46 bits per heavy atom. The number of aliphatic hydroxyl groups is 1. The number of rotatable bonds is 4. The average molecular weight is 327 g/mol. The van der Waals surface area contributed by atoms with Crippen LogP contribution >= 0.6 is 0 Å². The van der Waals surface area contributed by atoms with Crippen molar-refractivity contribution < 1.29 is 24.2 Å². The third-order valence-corrected chi connectivity index (χ3v) is 3.68. The van der Waals surface area contributed by atoms with E-state index in [4.69, 9.17) is 15.6 Å². The molecule has 8 heteroatoms. The van der Waals surface area contributed by atoms with Gasteiger partial charge >= 0.3 is 5.97 Å². The molecule has 2 heterocycles. The van der Waals surface area contributed by atoms with Crippen molar-refractivity contribution >= 4 is 29.0 Å². The van der Waals surface area contributed by atoms with E-state index in [0.29, 0.717) is 5.56 Å². The van der Waals surface area contributed by atoms with Crippen molar-refractivity contribution in [3.05, 3.63) is 59.7 Å². The molecule has 1 atom stereocenters. The smallest absolute Gasteiger partial charge is 0.374 e. The number of carboxylic acids is 1. The first kappa shape index (κ1) is 15.3. The summed E-state index contributed by atoms with van der Waals surface area (Å²) in [5.74, 6) is -3.38. The Labute approximate surface area is 135 Å². The lowest BCUT2D eigenvalue weighted by molar-refractivity contribution is -0.118. The van der Waals surface area contributed by atoms with E-state index in [1.165, 1.54) is 6.07 Å². The predicted octanol–water partition coefficient (Wildman–Crippen LogP) is 1.60. The number of hydrogen-bond donors (Lipinski definition) is 4. The highest BCUT2D eigenvalue weighted by Gasteiger charge is 2.43. The van der Waals surface area contributed by atoms with E-state index in [2.05, 4.69) is 0 Å². The maximum atomic E-state index is 11.8. The molecule has 1 aliphatic heterocycles. The monoisotopic (exact) mass is 327 g/mol. The molecule has 0 unspecified atom stereocenters. The Balaban J connectivity index is 2.16. The number of furan rings is 1. The van der Waals surface area contributed by atoms with Crippen LogP contribution in [0.3, 0.4) is 0 Å². The van der Waals surface area contributed by atoms with Crippen molar-refractivity contribution in [3.63, 3.8) is 0 Å². The minimum absolute atomic E-state index is 0.0335. The molecule has 0 fully saturated rings.